The van der Waals surface area contributed by atoms with Crippen LogP contribution in [-0.2, 0) is 15.5 Å². The van der Waals surface area contributed by atoms with E-state index in [9.17, 15) is 13.5 Å². The minimum Gasteiger partial charge on any atom is -0.507 e. The van der Waals surface area contributed by atoms with Crippen LogP contribution in [0.15, 0.2) is 48.5 Å². The van der Waals surface area contributed by atoms with Gasteiger partial charge in [0.15, 0.2) is 5.71 Å². The Bertz CT molecular complexity index is 1070. The van der Waals surface area contributed by atoms with Crippen LogP contribution < -0.4 is 0 Å². The smallest absolute Gasteiger partial charge is 0.265 e. The van der Waals surface area contributed by atoms with Crippen molar-refractivity contribution in [1.82, 2.24) is 0 Å². The number of para-hydroxylation sites is 1. The number of hydrogen-bond acceptors (Lipinski definition) is 3. The maximum atomic E-state index is 11.1. The number of allylic oxidation sites excluding steroid dienone is 1. The van der Waals surface area contributed by atoms with Gasteiger partial charge in [0, 0.05) is 29.7 Å². The summed E-state index contributed by atoms with van der Waals surface area (Å²) >= 11 is 0. The van der Waals surface area contributed by atoms with Gasteiger partial charge in [0.2, 0.25) is 5.69 Å². The summed E-state index contributed by atoms with van der Waals surface area (Å²) in [6.07, 6.45) is 4.18. The Labute approximate surface area is 166 Å². The number of nitrogens with zero attached hydrogens (tertiary/aromatic N) is 1. The number of aryl methyl sites for hydroxylation is 1. The molecule has 2 aromatic rings. The maximum absolute atomic E-state index is 11.1. The number of aromatic hydroxyl groups is 1. The normalized spacial score (nSPS) is 16.0. The number of benzene rings is 2. The number of phenolic OH excluding ortho intramolecular Hbond substituents is 1. The Hall–Kier alpha value is -2.44. The predicted octanol–water partition coefficient (Wildman–Crippen LogP) is 4.07. The van der Waals surface area contributed by atoms with Crippen molar-refractivity contribution < 1.29 is 22.7 Å². The lowest BCUT2D eigenvalue weighted by Gasteiger charge is -2.15. The Kier molecular flexibility index (Phi) is 5.46. The van der Waals surface area contributed by atoms with Crippen molar-refractivity contribution in [2.45, 2.75) is 32.6 Å². The molecule has 0 spiro atoms. The molecule has 1 aliphatic rings. The molecule has 3 rings (SSSR count). The van der Waals surface area contributed by atoms with Crippen LogP contribution in [-0.4, -0.2) is 40.7 Å². The molecule has 0 radical (unpaired) electrons. The van der Waals surface area contributed by atoms with E-state index in [0.717, 1.165) is 28.1 Å². The van der Waals surface area contributed by atoms with Gasteiger partial charge >= 0.3 is 0 Å². The molecule has 0 amide bonds. The molecule has 1 aliphatic heterocycles. The van der Waals surface area contributed by atoms with Gasteiger partial charge in [-0.1, -0.05) is 30.3 Å². The summed E-state index contributed by atoms with van der Waals surface area (Å²) in [5.41, 5.74) is 4.66. The minimum absolute atomic E-state index is 0.225. The number of phenols is 1. The van der Waals surface area contributed by atoms with E-state index in [1.165, 1.54) is 0 Å². The SMILES string of the molecule is Cc1ccc(/C=C/C2=[N+](CCCS(=O)(=O)O)c3ccccc3C2(C)C)c(O)c1. The highest BCUT2D eigenvalue weighted by Gasteiger charge is 2.43. The van der Waals surface area contributed by atoms with Crippen LogP contribution in [0.4, 0.5) is 5.69 Å². The highest BCUT2D eigenvalue weighted by atomic mass is 32.2. The highest BCUT2D eigenvalue weighted by Crippen LogP contribution is 2.40. The fraction of sp³-hybridized carbons (Fsp3) is 0.318. The van der Waals surface area contributed by atoms with Crippen molar-refractivity contribution in [3.63, 3.8) is 0 Å². The zero-order chi connectivity index (χ0) is 20.5. The van der Waals surface area contributed by atoms with Crippen LogP contribution in [0.25, 0.3) is 6.08 Å². The molecule has 1 heterocycles. The monoisotopic (exact) mass is 400 g/mol. The van der Waals surface area contributed by atoms with Crippen molar-refractivity contribution in [1.29, 1.82) is 0 Å². The number of hydrogen-bond donors (Lipinski definition) is 2. The average Bonchev–Trinajstić information content (AvgIpc) is 2.81. The van der Waals surface area contributed by atoms with Gasteiger partial charge in [-0.05, 0) is 38.5 Å². The summed E-state index contributed by atoms with van der Waals surface area (Å²) in [5.74, 6) is -0.0509. The quantitative estimate of drug-likeness (QED) is 0.566. The van der Waals surface area contributed by atoms with Gasteiger partial charge in [0.25, 0.3) is 10.1 Å². The van der Waals surface area contributed by atoms with E-state index in [1.807, 2.05) is 49.4 Å². The molecule has 0 unspecified atom stereocenters. The molecule has 0 atom stereocenters. The topological polar surface area (TPSA) is 77.6 Å². The second-order valence-corrected chi connectivity index (χ2v) is 9.29. The van der Waals surface area contributed by atoms with E-state index in [0.29, 0.717) is 13.0 Å². The van der Waals surface area contributed by atoms with E-state index in [1.54, 1.807) is 6.07 Å². The summed E-state index contributed by atoms with van der Waals surface area (Å²) < 4.78 is 33.4. The molecule has 0 fully saturated rings. The van der Waals surface area contributed by atoms with Crippen LogP contribution in [0.3, 0.4) is 0 Å². The Balaban J connectivity index is 2.01. The van der Waals surface area contributed by atoms with Crippen LogP contribution >= 0.6 is 0 Å². The molecule has 28 heavy (non-hydrogen) atoms. The van der Waals surface area contributed by atoms with Gasteiger partial charge in [0.1, 0.15) is 12.3 Å². The van der Waals surface area contributed by atoms with E-state index in [2.05, 4.69) is 24.5 Å². The zero-order valence-corrected chi connectivity index (χ0v) is 17.2. The summed E-state index contributed by atoms with van der Waals surface area (Å²) in [6.45, 7) is 6.65. The van der Waals surface area contributed by atoms with E-state index < -0.39 is 10.1 Å². The van der Waals surface area contributed by atoms with Crippen molar-refractivity contribution in [2.24, 2.45) is 0 Å². The Morgan fingerprint density at radius 1 is 1.11 bits per heavy atom. The summed E-state index contributed by atoms with van der Waals surface area (Å²) in [6, 6.07) is 13.6. The van der Waals surface area contributed by atoms with Gasteiger partial charge in [-0.2, -0.15) is 13.0 Å². The molecule has 0 aliphatic carbocycles. The second kappa shape index (κ2) is 7.53. The van der Waals surface area contributed by atoms with E-state index in [4.69, 9.17) is 4.55 Å². The number of fused-ring (bicyclic) bond motifs is 1. The third-order valence-corrected chi connectivity index (χ3v) is 5.99. The molecular weight excluding hydrogens is 374 g/mol. The fourth-order valence-corrected chi connectivity index (χ4v) is 4.24. The van der Waals surface area contributed by atoms with Gasteiger partial charge in [-0.25, -0.2) is 0 Å². The predicted molar refractivity (Wildman–Crippen MR) is 112 cm³/mol. The molecule has 0 bridgehead atoms. The molecule has 2 N–H and O–H groups in total. The molecule has 0 saturated heterocycles. The van der Waals surface area contributed by atoms with Crippen molar-refractivity contribution in [3.8, 4) is 5.75 Å². The first-order valence-corrected chi connectivity index (χ1v) is 10.9. The van der Waals surface area contributed by atoms with Crippen LogP contribution in [0.2, 0.25) is 0 Å². The van der Waals surface area contributed by atoms with E-state index >= 15 is 0 Å². The Morgan fingerprint density at radius 3 is 2.50 bits per heavy atom. The summed E-state index contributed by atoms with van der Waals surface area (Å²) in [4.78, 5) is 0. The maximum Gasteiger partial charge on any atom is 0.265 e. The third kappa shape index (κ3) is 4.18. The van der Waals surface area contributed by atoms with Crippen molar-refractivity contribution >= 4 is 27.6 Å². The first-order chi connectivity index (χ1) is 13.1. The van der Waals surface area contributed by atoms with Gasteiger partial charge < -0.3 is 5.11 Å². The first-order valence-electron chi connectivity index (χ1n) is 9.27. The number of rotatable bonds is 6. The van der Waals surface area contributed by atoms with Gasteiger partial charge in [-0.3, -0.25) is 4.55 Å². The molecule has 148 valence electrons. The van der Waals surface area contributed by atoms with Crippen LogP contribution in [0, 0.1) is 6.92 Å². The standard InChI is InChI=1S/C22H25NO4S/c1-16-9-10-17(20(24)15-16)11-12-21-22(2,3)18-7-4-5-8-19(18)23(21)13-6-14-28(25,26)27/h4-5,7-12,15H,6,13-14H2,1-3H3,(H,25,26,27)/p+1. The van der Waals surface area contributed by atoms with Crippen molar-refractivity contribution in [2.75, 3.05) is 12.3 Å². The molecule has 0 saturated carbocycles. The molecule has 2 aromatic carbocycles. The molecule has 6 heteroatoms. The zero-order valence-electron chi connectivity index (χ0n) is 16.4. The third-order valence-electron chi connectivity index (χ3n) is 5.19. The van der Waals surface area contributed by atoms with Gasteiger partial charge in [-0.15, -0.1) is 0 Å². The lowest BCUT2D eigenvalue weighted by atomic mass is 9.81. The first kappa shape index (κ1) is 20.3. The lowest BCUT2D eigenvalue weighted by Crippen LogP contribution is -2.28. The van der Waals surface area contributed by atoms with Crippen LogP contribution in [0.1, 0.15) is 37.0 Å². The van der Waals surface area contributed by atoms with Crippen molar-refractivity contribution in [3.05, 3.63) is 65.2 Å². The largest absolute Gasteiger partial charge is 0.507 e. The highest BCUT2D eigenvalue weighted by molar-refractivity contribution is 7.85. The van der Waals surface area contributed by atoms with E-state index in [-0.39, 0.29) is 16.9 Å². The minimum atomic E-state index is -3.99. The van der Waals surface area contributed by atoms with Crippen LogP contribution in [0.5, 0.6) is 5.75 Å². The molecule has 5 nitrogen and oxygen atoms in total. The Morgan fingerprint density at radius 2 is 1.82 bits per heavy atom. The molecule has 0 aromatic heterocycles. The lowest BCUT2D eigenvalue weighted by molar-refractivity contribution is -0.437. The summed E-state index contributed by atoms with van der Waals surface area (Å²) in [5, 5.41) is 10.2. The average molecular weight is 401 g/mol. The second-order valence-electron chi connectivity index (χ2n) is 7.71. The molecular formula is C22H26NO4S+. The van der Waals surface area contributed by atoms with Gasteiger partial charge in [0.05, 0.1) is 11.2 Å². The fourth-order valence-electron chi connectivity index (χ4n) is 3.75. The summed E-state index contributed by atoms with van der Waals surface area (Å²) in [7, 11) is -3.99.